The zero-order valence-electron chi connectivity index (χ0n) is 16.5. The summed E-state index contributed by atoms with van der Waals surface area (Å²) in [4.78, 5) is 38.2. The second-order valence-electron chi connectivity index (χ2n) is 6.86. The van der Waals surface area contributed by atoms with Crippen molar-refractivity contribution in [1.82, 2.24) is 0 Å². The Hall–Kier alpha value is -3.35. The molecule has 0 bridgehead atoms. The molecule has 0 spiro atoms. The van der Waals surface area contributed by atoms with Crippen LogP contribution >= 0.6 is 0 Å². The average Bonchev–Trinajstić information content (AvgIpc) is 3.09. The molecule has 0 aromatic heterocycles. The first-order chi connectivity index (χ1) is 14.0. The molecule has 1 fully saturated rings. The summed E-state index contributed by atoms with van der Waals surface area (Å²) in [6.45, 7) is 4.22. The molecule has 0 radical (unpaired) electrons. The van der Waals surface area contributed by atoms with Crippen molar-refractivity contribution in [3.63, 3.8) is 0 Å². The highest BCUT2D eigenvalue weighted by Gasteiger charge is 2.36. The van der Waals surface area contributed by atoms with E-state index >= 15 is 0 Å². The zero-order chi connectivity index (χ0) is 20.8. The van der Waals surface area contributed by atoms with E-state index in [0.717, 1.165) is 11.3 Å². The third-order valence-electron chi connectivity index (χ3n) is 4.57. The maximum atomic E-state index is 12.3. The van der Waals surface area contributed by atoms with Crippen molar-refractivity contribution in [2.75, 3.05) is 30.0 Å². The number of nitrogens with zero attached hydrogens (tertiary/aromatic N) is 1. The molecule has 1 saturated heterocycles. The number of nitrogens with one attached hydrogen (secondary N) is 1. The summed E-state index contributed by atoms with van der Waals surface area (Å²) in [5, 5.41) is 2.68. The van der Waals surface area contributed by atoms with Crippen LogP contribution in [0.25, 0.3) is 0 Å². The first kappa shape index (κ1) is 20.4. The predicted molar refractivity (Wildman–Crippen MR) is 109 cm³/mol. The highest BCUT2D eigenvalue weighted by molar-refractivity contribution is 6.00. The Labute approximate surface area is 169 Å². The van der Waals surface area contributed by atoms with E-state index in [4.69, 9.17) is 9.47 Å². The van der Waals surface area contributed by atoms with Crippen molar-refractivity contribution in [3.05, 3.63) is 54.1 Å². The van der Waals surface area contributed by atoms with Gasteiger partial charge in [-0.15, -0.1) is 0 Å². The van der Waals surface area contributed by atoms with Gasteiger partial charge in [-0.05, 0) is 55.8 Å². The molecule has 1 aliphatic rings. The van der Waals surface area contributed by atoms with Gasteiger partial charge in [0.15, 0.2) is 6.61 Å². The first-order valence-corrected chi connectivity index (χ1v) is 9.52. The van der Waals surface area contributed by atoms with E-state index in [1.54, 1.807) is 35.2 Å². The van der Waals surface area contributed by atoms with Crippen LogP contribution < -0.4 is 15.0 Å². The summed E-state index contributed by atoms with van der Waals surface area (Å²) in [5.74, 6) is -0.998. The summed E-state index contributed by atoms with van der Waals surface area (Å²) in [6.07, 6.45) is 0.0611. The molecule has 1 aliphatic heterocycles. The van der Waals surface area contributed by atoms with Crippen LogP contribution in [0.3, 0.4) is 0 Å². The largest absolute Gasteiger partial charge is 0.494 e. The van der Waals surface area contributed by atoms with Gasteiger partial charge in [-0.3, -0.25) is 14.4 Å². The van der Waals surface area contributed by atoms with Gasteiger partial charge in [0.1, 0.15) is 5.75 Å². The van der Waals surface area contributed by atoms with E-state index in [1.165, 1.54) is 0 Å². The van der Waals surface area contributed by atoms with Gasteiger partial charge in [-0.25, -0.2) is 0 Å². The van der Waals surface area contributed by atoms with Crippen LogP contribution in [0.1, 0.15) is 18.9 Å². The van der Waals surface area contributed by atoms with Gasteiger partial charge in [-0.1, -0.05) is 12.1 Å². The lowest BCUT2D eigenvalue weighted by Gasteiger charge is -2.17. The van der Waals surface area contributed by atoms with Crippen LogP contribution in [-0.4, -0.2) is 37.5 Å². The van der Waals surface area contributed by atoms with E-state index in [9.17, 15) is 14.4 Å². The highest BCUT2D eigenvalue weighted by Crippen LogP contribution is 2.27. The molecule has 0 unspecified atom stereocenters. The van der Waals surface area contributed by atoms with Crippen molar-refractivity contribution >= 4 is 29.2 Å². The molecule has 0 aliphatic carbocycles. The number of rotatable bonds is 7. The molecule has 29 heavy (non-hydrogen) atoms. The average molecular weight is 396 g/mol. The third kappa shape index (κ3) is 5.34. The van der Waals surface area contributed by atoms with Crippen LogP contribution in [0.2, 0.25) is 0 Å². The van der Waals surface area contributed by atoms with E-state index < -0.39 is 17.8 Å². The summed E-state index contributed by atoms with van der Waals surface area (Å²) in [5.41, 5.74) is 2.35. The summed E-state index contributed by atoms with van der Waals surface area (Å²) < 4.78 is 10.5. The van der Waals surface area contributed by atoms with E-state index in [2.05, 4.69) is 5.32 Å². The summed E-state index contributed by atoms with van der Waals surface area (Å²) in [7, 11) is 0. The summed E-state index contributed by atoms with van der Waals surface area (Å²) in [6, 6.07) is 14.5. The molecule has 2 aromatic rings. The fourth-order valence-corrected chi connectivity index (χ4v) is 3.18. The Bertz CT molecular complexity index is 894. The molecule has 1 N–H and O–H groups in total. The Balaban J connectivity index is 1.51. The maximum Gasteiger partial charge on any atom is 0.311 e. The first-order valence-electron chi connectivity index (χ1n) is 9.52. The van der Waals surface area contributed by atoms with Crippen LogP contribution in [0.4, 0.5) is 11.4 Å². The van der Waals surface area contributed by atoms with E-state index in [1.807, 2.05) is 32.0 Å². The van der Waals surface area contributed by atoms with Gasteiger partial charge in [0.05, 0.1) is 12.5 Å². The number of ether oxygens (including phenoxy) is 2. The Morgan fingerprint density at radius 3 is 2.62 bits per heavy atom. The predicted octanol–water partition coefficient (Wildman–Crippen LogP) is 2.93. The van der Waals surface area contributed by atoms with Crippen molar-refractivity contribution in [3.8, 4) is 5.75 Å². The van der Waals surface area contributed by atoms with E-state index in [-0.39, 0.29) is 25.5 Å². The second-order valence-corrected chi connectivity index (χ2v) is 6.86. The SMILES string of the molecule is CCOc1ccc(N2C[C@@H](C(=O)OCC(=O)Nc3cccc(C)c3)CC2=O)cc1. The fourth-order valence-electron chi connectivity index (χ4n) is 3.18. The van der Waals surface area contributed by atoms with Gasteiger partial charge in [0, 0.05) is 24.3 Å². The molecule has 1 atom stereocenters. The number of aryl methyl sites for hydroxylation is 1. The molecule has 7 nitrogen and oxygen atoms in total. The maximum absolute atomic E-state index is 12.3. The number of hydrogen-bond acceptors (Lipinski definition) is 5. The fraction of sp³-hybridized carbons (Fsp3) is 0.318. The summed E-state index contributed by atoms with van der Waals surface area (Å²) >= 11 is 0. The molecule has 3 rings (SSSR count). The second kappa shape index (κ2) is 9.23. The number of anilines is 2. The number of carbonyl (C=O) groups excluding carboxylic acids is 3. The van der Waals surface area contributed by atoms with Gasteiger partial charge in [0.25, 0.3) is 5.91 Å². The lowest BCUT2D eigenvalue weighted by molar-refractivity contribution is -0.151. The number of esters is 1. The molecule has 2 aromatic carbocycles. The normalized spacial score (nSPS) is 15.9. The Morgan fingerprint density at radius 1 is 1.17 bits per heavy atom. The molecular formula is C22H24N2O5. The Morgan fingerprint density at radius 2 is 1.93 bits per heavy atom. The van der Waals surface area contributed by atoms with Crippen molar-refractivity contribution < 1.29 is 23.9 Å². The topological polar surface area (TPSA) is 84.9 Å². The van der Waals surface area contributed by atoms with Crippen LogP contribution in [0.15, 0.2) is 48.5 Å². The number of benzene rings is 2. The Kier molecular flexibility index (Phi) is 6.49. The number of amides is 2. The van der Waals surface area contributed by atoms with Gasteiger partial charge in [0.2, 0.25) is 5.91 Å². The quantitative estimate of drug-likeness (QED) is 0.728. The van der Waals surface area contributed by atoms with Gasteiger partial charge < -0.3 is 19.7 Å². The standard InChI is InChI=1S/C22H24N2O5/c1-3-28-19-9-7-18(8-10-19)24-13-16(12-21(24)26)22(27)29-14-20(25)23-17-6-4-5-15(2)11-17/h4-11,16H,3,12-14H2,1-2H3,(H,23,25)/t16-/m0/s1. The molecule has 0 saturated carbocycles. The smallest absolute Gasteiger partial charge is 0.311 e. The van der Waals surface area contributed by atoms with Crippen molar-refractivity contribution in [2.45, 2.75) is 20.3 Å². The molecule has 2 amide bonds. The molecular weight excluding hydrogens is 372 g/mol. The lowest BCUT2D eigenvalue weighted by atomic mass is 10.1. The highest BCUT2D eigenvalue weighted by atomic mass is 16.5. The van der Waals surface area contributed by atoms with Crippen LogP contribution in [-0.2, 0) is 19.1 Å². The van der Waals surface area contributed by atoms with Crippen LogP contribution in [0.5, 0.6) is 5.75 Å². The van der Waals surface area contributed by atoms with Crippen molar-refractivity contribution in [2.24, 2.45) is 5.92 Å². The van der Waals surface area contributed by atoms with Crippen molar-refractivity contribution in [1.29, 1.82) is 0 Å². The lowest BCUT2D eigenvalue weighted by Crippen LogP contribution is -2.28. The number of carbonyl (C=O) groups is 3. The third-order valence-corrected chi connectivity index (χ3v) is 4.57. The molecule has 152 valence electrons. The zero-order valence-corrected chi connectivity index (χ0v) is 16.5. The van der Waals surface area contributed by atoms with Gasteiger partial charge in [-0.2, -0.15) is 0 Å². The minimum Gasteiger partial charge on any atom is -0.494 e. The van der Waals surface area contributed by atoms with Crippen LogP contribution in [0, 0.1) is 12.8 Å². The van der Waals surface area contributed by atoms with E-state index in [0.29, 0.717) is 18.0 Å². The monoisotopic (exact) mass is 396 g/mol. The molecule has 1 heterocycles. The number of hydrogen-bond donors (Lipinski definition) is 1. The minimum absolute atomic E-state index is 0.0611. The minimum atomic E-state index is -0.596. The van der Waals surface area contributed by atoms with Gasteiger partial charge >= 0.3 is 5.97 Å². The molecule has 7 heteroatoms.